The summed E-state index contributed by atoms with van der Waals surface area (Å²) in [6.07, 6.45) is 3.75. The maximum Gasteiger partial charge on any atom is 0.0510 e. The van der Waals surface area contributed by atoms with E-state index in [4.69, 9.17) is 5.73 Å². The summed E-state index contributed by atoms with van der Waals surface area (Å²) in [5.74, 6) is 0.715. The zero-order chi connectivity index (χ0) is 11.4. The van der Waals surface area contributed by atoms with Crippen LogP contribution in [0, 0.1) is 5.92 Å². The van der Waals surface area contributed by atoms with Gasteiger partial charge in [0.15, 0.2) is 0 Å². The average Bonchev–Trinajstić information content (AvgIpc) is 2.55. The lowest BCUT2D eigenvalue weighted by Crippen LogP contribution is -2.25. The second-order valence-corrected chi connectivity index (χ2v) is 5.33. The van der Waals surface area contributed by atoms with Crippen molar-refractivity contribution < 1.29 is 0 Å². The number of para-hydroxylation sites is 1. The van der Waals surface area contributed by atoms with Gasteiger partial charge in [-0.05, 0) is 59.8 Å². The van der Waals surface area contributed by atoms with E-state index in [1.54, 1.807) is 0 Å². The lowest BCUT2D eigenvalue weighted by atomic mass is 10.0. The molecule has 88 valence electrons. The summed E-state index contributed by atoms with van der Waals surface area (Å²) in [5.41, 5.74) is 7.08. The van der Waals surface area contributed by atoms with Gasteiger partial charge in [-0.2, -0.15) is 0 Å². The van der Waals surface area contributed by atoms with E-state index in [9.17, 15) is 0 Å². The summed E-state index contributed by atoms with van der Waals surface area (Å²) >= 11 is 3.62. The number of hydrogen-bond donors (Lipinski definition) is 1. The Morgan fingerprint density at radius 1 is 1.25 bits per heavy atom. The number of nitrogens with zero attached hydrogens (tertiary/aromatic N) is 1. The molecule has 1 fully saturated rings. The third-order valence-corrected chi connectivity index (χ3v) is 4.04. The molecule has 1 aromatic carbocycles. The van der Waals surface area contributed by atoms with Gasteiger partial charge in [0.25, 0.3) is 0 Å². The number of anilines is 1. The van der Waals surface area contributed by atoms with E-state index in [0.29, 0.717) is 5.92 Å². The van der Waals surface area contributed by atoms with Gasteiger partial charge in [-0.1, -0.05) is 12.1 Å². The first-order valence-corrected chi connectivity index (χ1v) is 6.80. The zero-order valence-corrected chi connectivity index (χ0v) is 11.1. The molecule has 0 aromatic heterocycles. The highest BCUT2D eigenvalue weighted by molar-refractivity contribution is 9.10. The standard InChI is InChI=1S/C13H19BrN2/c14-12-5-1-2-6-13(12)16-8-3-4-11(10-15)7-9-16/h1-2,5-6,11H,3-4,7-10,15H2. The molecule has 1 aromatic rings. The predicted molar refractivity (Wildman–Crippen MR) is 72.8 cm³/mol. The van der Waals surface area contributed by atoms with E-state index in [-0.39, 0.29) is 0 Å². The second-order valence-electron chi connectivity index (χ2n) is 4.47. The van der Waals surface area contributed by atoms with Crippen molar-refractivity contribution in [3.8, 4) is 0 Å². The van der Waals surface area contributed by atoms with Crippen molar-refractivity contribution in [1.29, 1.82) is 0 Å². The van der Waals surface area contributed by atoms with Crippen LogP contribution in [0.3, 0.4) is 0 Å². The first-order valence-electron chi connectivity index (χ1n) is 6.01. The third-order valence-electron chi connectivity index (χ3n) is 3.37. The van der Waals surface area contributed by atoms with E-state index >= 15 is 0 Å². The molecule has 0 aliphatic carbocycles. The zero-order valence-electron chi connectivity index (χ0n) is 9.53. The highest BCUT2D eigenvalue weighted by atomic mass is 79.9. The molecule has 1 saturated heterocycles. The van der Waals surface area contributed by atoms with Crippen LogP contribution in [0.1, 0.15) is 19.3 Å². The predicted octanol–water partition coefficient (Wildman–Crippen LogP) is 3.01. The van der Waals surface area contributed by atoms with Crippen molar-refractivity contribution in [3.05, 3.63) is 28.7 Å². The molecular weight excluding hydrogens is 264 g/mol. The Kier molecular flexibility index (Phi) is 4.24. The van der Waals surface area contributed by atoms with Gasteiger partial charge in [-0.3, -0.25) is 0 Å². The normalized spacial score (nSPS) is 21.9. The second kappa shape index (κ2) is 5.69. The van der Waals surface area contributed by atoms with Crippen LogP contribution < -0.4 is 10.6 Å². The molecule has 0 bridgehead atoms. The summed E-state index contributed by atoms with van der Waals surface area (Å²) in [6.45, 7) is 3.12. The topological polar surface area (TPSA) is 29.3 Å². The van der Waals surface area contributed by atoms with Gasteiger partial charge < -0.3 is 10.6 Å². The average molecular weight is 283 g/mol. The Morgan fingerprint density at radius 2 is 2.06 bits per heavy atom. The molecule has 1 heterocycles. The Balaban J connectivity index is 2.08. The van der Waals surface area contributed by atoms with Crippen LogP contribution in [-0.2, 0) is 0 Å². The van der Waals surface area contributed by atoms with Crippen LogP contribution in [0.5, 0.6) is 0 Å². The fourth-order valence-electron chi connectivity index (χ4n) is 2.35. The quantitative estimate of drug-likeness (QED) is 0.904. The van der Waals surface area contributed by atoms with Gasteiger partial charge in [0, 0.05) is 17.6 Å². The minimum Gasteiger partial charge on any atom is -0.371 e. The van der Waals surface area contributed by atoms with Crippen molar-refractivity contribution in [2.24, 2.45) is 11.7 Å². The maximum absolute atomic E-state index is 5.76. The summed E-state index contributed by atoms with van der Waals surface area (Å²) in [7, 11) is 0. The van der Waals surface area contributed by atoms with Crippen molar-refractivity contribution in [2.45, 2.75) is 19.3 Å². The Bertz CT molecular complexity index is 340. The SMILES string of the molecule is NCC1CCCN(c2ccccc2Br)CC1. The fraction of sp³-hybridized carbons (Fsp3) is 0.538. The Labute approximate surface area is 106 Å². The summed E-state index contributed by atoms with van der Waals surface area (Å²) < 4.78 is 1.20. The van der Waals surface area contributed by atoms with Crippen molar-refractivity contribution in [1.82, 2.24) is 0 Å². The smallest absolute Gasteiger partial charge is 0.0510 e. The van der Waals surface area contributed by atoms with E-state index in [2.05, 4.69) is 45.1 Å². The lowest BCUT2D eigenvalue weighted by Gasteiger charge is -2.24. The minimum absolute atomic E-state index is 0.715. The summed E-state index contributed by atoms with van der Waals surface area (Å²) in [6, 6.07) is 8.47. The maximum atomic E-state index is 5.76. The molecular formula is C13H19BrN2. The van der Waals surface area contributed by atoms with Crippen molar-refractivity contribution >= 4 is 21.6 Å². The first-order chi connectivity index (χ1) is 7.81. The van der Waals surface area contributed by atoms with E-state index in [0.717, 1.165) is 19.6 Å². The van der Waals surface area contributed by atoms with Crippen molar-refractivity contribution in [2.75, 3.05) is 24.5 Å². The molecule has 0 amide bonds. The van der Waals surface area contributed by atoms with Crippen molar-refractivity contribution in [3.63, 3.8) is 0 Å². The lowest BCUT2D eigenvalue weighted by molar-refractivity contribution is 0.485. The van der Waals surface area contributed by atoms with Crippen LogP contribution in [0.4, 0.5) is 5.69 Å². The molecule has 3 heteroatoms. The highest BCUT2D eigenvalue weighted by Crippen LogP contribution is 2.28. The molecule has 0 radical (unpaired) electrons. The van der Waals surface area contributed by atoms with Crippen LogP contribution in [0.25, 0.3) is 0 Å². The van der Waals surface area contributed by atoms with Gasteiger partial charge in [0.05, 0.1) is 5.69 Å². The van der Waals surface area contributed by atoms with Gasteiger partial charge in [-0.15, -0.1) is 0 Å². The minimum atomic E-state index is 0.715. The molecule has 2 rings (SSSR count). The molecule has 1 aliphatic rings. The van der Waals surface area contributed by atoms with Crippen LogP contribution in [0.2, 0.25) is 0 Å². The van der Waals surface area contributed by atoms with Crippen LogP contribution >= 0.6 is 15.9 Å². The summed E-state index contributed by atoms with van der Waals surface area (Å²) in [5, 5.41) is 0. The molecule has 1 atom stereocenters. The van der Waals surface area contributed by atoms with Crippen LogP contribution in [-0.4, -0.2) is 19.6 Å². The number of rotatable bonds is 2. The van der Waals surface area contributed by atoms with E-state index in [1.807, 2.05) is 0 Å². The van der Waals surface area contributed by atoms with E-state index in [1.165, 1.54) is 29.4 Å². The van der Waals surface area contributed by atoms with Gasteiger partial charge in [-0.25, -0.2) is 0 Å². The van der Waals surface area contributed by atoms with Crippen LogP contribution in [0.15, 0.2) is 28.7 Å². The molecule has 0 spiro atoms. The largest absolute Gasteiger partial charge is 0.371 e. The molecule has 1 aliphatic heterocycles. The molecule has 16 heavy (non-hydrogen) atoms. The van der Waals surface area contributed by atoms with Gasteiger partial charge in [0.1, 0.15) is 0 Å². The fourth-order valence-corrected chi connectivity index (χ4v) is 2.89. The molecule has 1 unspecified atom stereocenters. The first kappa shape index (κ1) is 11.9. The molecule has 2 nitrogen and oxygen atoms in total. The third kappa shape index (κ3) is 2.77. The van der Waals surface area contributed by atoms with Gasteiger partial charge >= 0.3 is 0 Å². The molecule has 2 N–H and O–H groups in total. The van der Waals surface area contributed by atoms with E-state index < -0.39 is 0 Å². The number of benzene rings is 1. The Hall–Kier alpha value is -0.540. The van der Waals surface area contributed by atoms with Gasteiger partial charge in [0.2, 0.25) is 0 Å². The Morgan fingerprint density at radius 3 is 2.81 bits per heavy atom. The number of hydrogen-bond acceptors (Lipinski definition) is 2. The summed E-state index contributed by atoms with van der Waals surface area (Å²) in [4.78, 5) is 2.47. The molecule has 0 saturated carbocycles. The monoisotopic (exact) mass is 282 g/mol. The number of halogens is 1. The number of nitrogens with two attached hydrogens (primary N) is 1. The highest BCUT2D eigenvalue weighted by Gasteiger charge is 2.17.